The van der Waals surface area contributed by atoms with Crippen LogP contribution in [0.15, 0.2) is 47.6 Å². The van der Waals surface area contributed by atoms with Crippen molar-refractivity contribution in [3.8, 4) is 5.75 Å². The third-order valence-corrected chi connectivity index (χ3v) is 6.21. The van der Waals surface area contributed by atoms with Gasteiger partial charge in [0.1, 0.15) is 11.6 Å². The molecule has 0 bridgehead atoms. The standard InChI is InChI=1S/C22H28ClN5O/c1-24-21(26-15-22(10-11-22)17-6-3-4-8-19(17)29-2)27-16-9-13-28(14-16)20-18(23)7-5-12-25-20/h3-8,12,16H,9-11,13-15H2,1-2H3,(H2,24,26,27). The molecular formula is C22H28ClN5O. The lowest BCUT2D eigenvalue weighted by Gasteiger charge is -2.23. The van der Waals surface area contributed by atoms with E-state index in [4.69, 9.17) is 16.3 Å². The van der Waals surface area contributed by atoms with Gasteiger partial charge in [0.25, 0.3) is 0 Å². The highest BCUT2D eigenvalue weighted by Gasteiger charge is 2.46. The van der Waals surface area contributed by atoms with Crippen LogP contribution in [0.5, 0.6) is 5.75 Å². The van der Waals surface area contributed by atoms with Crippen molar-refractivity contribution in [3.63, 3.8) is 0 Å². The van der Waals surface area contributed by atoms with Gasteiger partial charge in [-0.15, -0.1) is 0 Å². The minimum Gasteiger partial charge on any atom is -0.496 e. The van der Waals surface area contributed by atoms with Crippen molar-refractivity contribution in [2.45, 2.75) is 30.7 Å². The molecule has 0 spiro atoms. The van der Waals surface area contributed by atoms with Crippen molar-refractivity contribution in [1.29, 1.82) is 0 Å². The fourth-order valence-electron chi connectivity index (χ4n) is 4.10. The number of aliphatic imine (C=N–C) groups is 1. The van der Waals surface area contributed by atoms with Crippen molar-refractivity contribution < 1.29 is 4.74 Å². The first kappa shape index (κ1) is 19.8. The lowest BCUT2D eigenvalue weighted by Crippen LogP contribution is -2.46. The van der Waals surface area contributed by atoms with E-state index in [1.54, 1.807) is 13.3 Å². The second kappa shape index (κ2) is 8.49. The van der Waals surface area contributed by atoms with Crippen LogP contribution in [0.1, 0.15) is 24.8 Å². The van der Waals surface area contributed by atoms with Crippen LogP contribution in [0.2, 0.25) is 5.02 Å². The van der Waals surface area contributed by atoms with Crippen LogP contribution in [0.3, 0.4) is 0 Å². The second-order valence-corrected chi connectivity index (χ2v) is 8.20. The summed E-state index contributed by atoms with van der Waals surface area (Å²) < 4.78 is 5.58. The molecule has 29 heavy (non-hydrogen) atoms. The first-order chi connectivity index (χ1) is 14.1. The van der Waals surface area contributed by atoms with E-state index < -0.39 is 0 Å². The molecule has 2 aromatic rings. The number of benzene rings is 1. The summed E-state index contributed by atoms with van der Waals surface area (Å²) in [6.45, 7) is 2.63. The zero-order valence-corrected chi connectivity index (χ0v) is 17.7. The van der Waals surface area contributed by atoms with E-state index in [0.717, 1.165) is 56.4 Å². The maximum absolute atomic E-state index is 6.30. The Bertz CT molecular complexity index is 883. The molecular weight excluding hydrogens is 386 g/mol. The van der Waals surface area contributed by atoms with Gasteiger partial charge in [-0.25, -0.2) is 4.98 Å². The number of hydrogen-bond donors (Lipinski definition) is 2. The average molecular weight is 414 g/mol. The summed E-state index contributed by atoms with van der Waals surface area (Å²) in [4.78, 5) is 11.1. The topological polar surface area (TPSA) is 61.8 Å². The Morgan fingerprint density at radius 2 is 2.14 bits per heavy atom. The molecule has 1 atom stereocenters. The Morgan fingerprint density at radius 3 is 2.86 bits per heavy atom. The van der Waals surface area contributed by atoms with E-state index in [0.29, 0.717) is 11.1 Å². The fourth-order valence-corrected chi connectivity index (χ4v) is 4.34. The maximum atomic E-state index is 6.30. The summed E-state index contributed by atoms with van der Waals surface area (Å²) in [5, 5.41) is 7.80. The van der Waals surface area contributed by atoms with Crippen molar-refractivity contribution in [2.75, 3.05) is 38.7 Å². The molecule has 154 valence electrons. The Kier molecular flexibility index (Phi) is 5.81. The third kappa shape index (κ3) is 4.27. The zero-order valence-electron chi connectivity index (χ0n) is 17.0. The predicted molar refractivity (Wildman–Crippen MR) is 118 cm³/mol. The summed E-state index contributed by atoms with van der Waals surface area (Å²) >= 11 is 6.30. The summed E-state index contributed by atoms with van der Waals surface area (Å²) in [6.07, 6.45) is 5.13. The van der Waals surface area contributed by atoms with Crippen LogP contribution in [0.4, 0.5) is 5.82 Å². The highest BCUT2D eigenvalue weighted by Crippen LogP contribution is 2.50. The fraction of sp³-hybridized carbons (Fsp3) is 0.455. The van der Waals surface area contributed by atoms with Gasteiger partial charge in [0.15, 0.2) is 5.96 Å². The minimum absolute atomic E-state index is 0.132. The van der Waals surface area contributed by atoms with Crippen LogP contribution >= 0.6 is 11.6 Å². The summed E-state index contributed by atoms with van der Waals surface area (Å²) in [6, 6.07) is 12.4. The molecule has 2 aliphatic rings. The largest absolute Gasteiger partial charge is 0.496 e. The van der Waals surface area contributed by atoms with E-state index in [9.17, 15) is 0 Å². The van der Waals surface area contributed by atoms with Crippen molar-refractivity contribution in [2.24, 2.45) is 4.99 Å². The average Bonchev–Trinajstić information content (AvgIpc) is 3.41. The summed E-state index contributed by atoms with van der Waals surface area (Å²) in [5.41, 5.74) is 1.41. The maximum Gasteiger partial charge on any atom is 0.191 e. The third-order valence-electron chi connectivity index (χ3n) is 5.92. The van der Waals surface area contributed by atoms with Gasteiger partial charge in [0, 0.05) is 49.9 Å². The Balaban J connectivity index is 1.35. The van der Waals surface area contributed by atoms with Gasteiger partial charge in [-0.2, -0.15) is 0 Å². The molecule has 2 N–H and O–H groups in total. The van der Waals surface area contributed by atoms with Crippen LogP contribution in [0.25, 0.3) is 0 Å². The van der Waals surface area contributed by atoms with Crippen LogP contribution in [0, 0.1) is 0 Å². The van der Waals surface area contributed by atoms with Crippen LogP contribution < -0.4 is 20.3 Å². The summed E-state index contributed by atoms with van der Waals surface area (Å²) in [7, 11) is 3.56. The van der Waals surface area contributed by atoms with E-state index in [1.165, 1.54) is 5.56 Å². The molecule has 1 saturated heterocycles. The normalized spacial score (nSPS) is 20.4. The molecule has 1 aliphatic carbocycles. The number of rotatable bonds is 6. The number of nitrogens with one attached hydrogen (secondary N) is 2. The van der Waals surface area contributed by atoms with Gasteiger partial charge >= 0.3 is 0 Å². The number of hydrogen-bond acceptors (Lipinski definition) is 4. The van der Waals surface area contributed by atoms with Gasteiger partial charge in [-0.05, 0) is 37.5 Å². The number of aromatic nitrogens is 1. The molecule has 1 aromatic heterocycles. The Hall–Kier alpha value is -2.47. The first-order valence-electron chi connectivity index (χ1n) is 10.1. The molecule has 6 nitrogen and oxygen atoms in total. The number of guanidine groups is 1. The number of anilines is 1. The molecule has 0 radical (unpaired) electrons. The molecule has 4 rings (SSSR count). The lowest BCUT2D eigenvalue weighted by molar-refractivity contribution is 0.403. The SMILES string of the molecule is CN=C(NCC1(c2ccccc2OC)CC1)NC1CCN(c2ncccc2Cl)C1. The zero-order chi connectivity index (χ0) is 20.3. The number of ether oxygens (including phenoxy) is 1. The molecule has 1 aliphatic heterocycles. The molecule has 2 heterocycles. The van der Waals surface area contributed by atoms with E-state index >= 15 is 0 Å². The minimum atomic E-state index is 0.132. The number of pyridine rings is 1. The van der Waals surface area contributed by atoms with Crippen molar-refractivity contribution in [1.82, 2.24) is 15.6 Å². The number of methoxy groups -OCH3 is 1. The highest BCUT2D eigenvalue weighted by molar-refractivity contribution is 6.32. The smallest absolute Gasteiger partial charge is 0.191 e. The molecule has 1 unspecified atom stereocenters. The van der Waals surface area contributed by atoms with E-state index in [2.05, 4.69) is 37.6 Å². The summed E-state index contributed by atoms with van der Waals surface area (Å²) in [5.74, 6) is 2.66. The van der Waals surface area contributed by atoms with E-state index in [1.807, 2.05) is 31.3 Å². The molecule has 1 saturated carbocycles. The lowest BCUT2D eigenvalue weighted by atomic mass is 9.95. The number of para-hydroxylation sites is 1. The molecule has 1 aromatic carbocycles. The van der Waals surface area contributed by atoms with Gasteiger partial charge in [-0.1, -0.05) is 29.8 Å². The highest BCUT2D eigenvalue weighted by atomic mass is 35.5. The van der Waals surface area contributed by atoms with Crippen LogP contribution in [-0.2, 0) is 5.41 Å². The van der Waals surface area contributed by atoms with Gasteiger partial charge < -0.3 is 20.3 Å². The predicted octanol–water partition coefficient (Wildman–Crippen LogP) is 3.22. The number of halogens is 1. The van der Waals surface area contributed by atoms with Crippen molar-refractivity contribution >= 4 is 23.4 Å². The molecule has 0 amide bonds. The quantitative estimate of drug-likeness (QED) is 0.562. The van der Waals surface area contributed by atoms with Gasteiger partial charge in [-0.3, -0.25) is 4.99 Å². The van der Waals surface area contributed by atoms with Gasteiger partial charge in [0.2, 0.25) is 0 Å². The van der Waals surface area contributed by atoms with E-state index in [-0.39, 0.29) is 5.41 Å². The Labute approximate surface area is 177 Å². The first-order valence-corrected chi connectivity index (χ1v) is 10.5. The molecule has 7 heteroatoms. The monoisotopic (exact) mass is 413 g/mol. The number of nitrogens with zero attached hydrogens (tertiary/aromatic N) is 3. The van der Waals surface area contributed by atoms with Crippen LogP contribution in [-0.4, -0.2) is 50.8 Å². The Morgan fingerprint density at radius 1 is 1.31 bits per heavy atom. The van der Waals surface area contributed by atoms with Gasteiger partial charge in [0.05, 0.1) is 12.1 Å². The van der Waals surface area contributed by atoms with Crippen molar-refractivity contribution in [3.05, 3.63) is 53.2 Å². The molecule has 2 fully saturated rings. The second-order valence-electron chi connectivity index (χ2n) is 7.79.